The highest BCUT2D eigenvalue weighted by Crippen LogP contribution is 2.20. The molecule has 1 heterocycles. The fourth-order valence-corrected chi connectivity index (χ4v) is 3.88. The van der Waals surface area contributed by atoms with Crippen LogP contribution in [-0.2, 0) is 21.5 Å². The molecule has 0 radical (unpaired) electrons. The van der Waals surface area contributed by atoms with E-state index in [1.165, 1.54) is 16.8 Å². The average Bonchev–Trinajstić information content (AvgIpc) is 2.67. The summed E-state index contributed by atoms with van der Waals surface area (Å²) in [5.74, 6) is 0.392. The van der Waals surface area contributed by atoms with E-state index >= 15 is 0 Å². The van der Waals surface area contributed by atoms with Crippen molar-refractivity contribution in [2.45, 2.75) is 45.6 Å². The molecule has 0 amide bonds. The van der Waals surface area contributed by atoms with Gasteiger partial charge in [0.15, 0.2) is 0 Å². The molecule has 0 aliphatic heterocycles. The van der Waals surface area contributed by atoms with Crippen molar-refractivity contribution in [3.63, 3.8) is 0 Å². The first kappa shape index (κ1) is 24.8. The van der Waals surface area contributed by atoms with Gasteiger partial charge in [-0.3, -0.25) is 14.3 Å². The molecule has 0 fully saturated rings. The first-order valence-electron chi connectivity index (χ1n) is 9.78. The predicted molar refractivity (Wildman–Crippen MR) is 115 cm³/mol. The van der Waals surface area contributed by atoms with Crippen molar-refractivity contribution < 1.29 is 23.0 Å². The summed E-state index contributed by atoms with van der Waals surface area (Å²) in [6.45, 7) is 5.15. The largest absolute Gasteiger partial charge is 0.491 e. The Hall–Kier alpha value is -2.47. The molecule has 0 saturated heterocycles. The summed E-state index contributed by atoms with van der Waals surface area (Å²) >= 11 is 0. The standard InChI is InChI=1S/C20H29N3O7S/c1-15(16-6-4-7-17(12-16)30-13-20(2,3)26)22-31(27,28)11-5-10-29-14-23-9-8-18(24)21-19(23)25/h4,6-9,12,15,22,26H,5,10-11,13-14H2,1-3H3,(H,21,24,25). The maximum Gasteiger partial charge on any atom is 0.330 e. The maximum absolute atomic E-state index is 12.4. The van der Waals surface area contributed by atoms with Crippen LogP contribution in [-0.4, -0.2) is 47.6 Å². The minimum Gasteiger partial charge on any atom is -0.491 e. The molecule has 0 bridgehead atoms. The van der Waals surface area contributed by atoms with Gasteiger partial charge in [-0.25, -0.2) is 17.9 Å². The molecule has 0 saturated carbocycles. The molecule has 1 unspecified atom stereocenters. The van der Waals surface area contributed by atoms with Gasteiger partial charge in [-0.05, 0) is 44.9 Å². The number of aromatic nitrogens is 2. The molecule has 0 aliphatic carbocycles. The van der Waals surface area contributed by atoms with Crippen LogP contribution < -0.4 is 20.7 Å². The molecule has 0 aliphatic rings. The van der Waals surface area contributed by atoms with Crippen LogP contribution in [0.3, 0.4) is 0 Å². The van der Waals surface area contributed by atoms with Crippen molar-refractivity contribution in [2.24, 2.45) is 0 Å². The number of aliphatic hydroxyl groups is 1. The zero-order chi connectivity index (χ0) is 23.1. The van der Waals surface area contributed by atoms with Crippen LogP contribution in [0, 0.1) is 0 Å². The number of rotatable bonds is 12. The third kappa shape index (κ3) is 9.05. The number of sulfonamides is 1. The molecule has 2 rings (SSSR count). The average molecular weight is 456 g/mol. The summed E-state index contributed by atoms with van der Waals surface area (Å²) in [4.78, 5) is 24.6. The van der Waals surface area contributed by atoms with E-state index in [2.05, 4.69) is 9.71 Å². The van der Waals surface area contributed by atoms with E-state index < -0.39 is 32.9 Å². The van der Waals surface area contributed by atoms with Gasteiger partial charge < -0.3 is 14.6 Å². The van der Waals surface area contributed by atoms with Crippen LogP contribution in [0.2, 0.25) is 0 Å². The third-order valence-electron chi connectivity index (χ3n) is 4.14. The summed E-state index contributed by atoms with van der Waals surface area (Å²) in [6.07, 6.45) is 1.54. The number of ether oxygens (including phenoxy) is 2. The van der Waals surface area contributed by atoms with E-state index in [0.29, 0.717) is 5.75 Å². The van der Waals surface area contributed by atoms with Gasteiger partial charge in [-0.1, -0.05) is 12.1 Å². The van der Waals surface area contributed by atoms with Gasteiger partial charge in [0.25, 0.3) is 5.56 Å². The predicted octanol–water partition coefficient (Wildman–Crippen LogP) is 0.731. The Bertz CT molecular complexity index is 1070. The highest BCUT2D eigenvalue weighted by Gasteiger charge is 2.17. The Kier molecular flexibility index (Phi) is 8.57. The Morgan fingerprint density at radius 3 is 2.68 bits per heavy atom. The van der Waals surface area contributed by atoms with Crippen molar-refractivity contribution >= 4 is 10.0 Å². The number of aromatic amines is 1. The van der Waals surface area contributed by atoms with E-state index in [9.17, 15) is 23.1 Å². The summed E-state index contributed by atoms with van der Waals surface area (Å²) in [5.41, 5.74) is -1.34. The van der Waals surface area contributed by atoms with Gasteiger partial charge in [0.05, 0.1) is 11.4 Å². The second-order valence-corrected chi connectivity index (χ2v) is 9.68. The van der Waals surface area contributed by atoms with Crippen LogP contribution in [0.25, 0.3) is 0 Å². The van der Waals surface area contributed by atoms with Crippen molar-refractivity contribution in [3.8, 4) is 5.75 Å². The fourth-order valence-electron chi connectivity index (χ4n) is 2.59. The zero-order valence-electron chi connectivity index (χ0n) is 17.8. The molecule has 1 aromatic carbocycles. The molecule has 1 atom stereocenters. The Balaban J connectivity index is 1.81. The second kappa shape index (κ2) is 10.7. The fraction of sp³-hybridized carbons (Fsp3) is 0.500. The third-order valence-corrected chi connectivity index (χ3v) is 5.67. The molecule has 31 heavy (non-hydrogen) atoms. The van der Waals surface area contributed by atoms with Gasteiger partial charge in [-0.2, -0.15) is 0 Å². The Labute approximate surface area is 180 Å². The smallest absolute Gasteiger partial charge is 0.330 e. The van der Waals surface area contributed by atoms with Crippen LogP contribution in [0.15, 0.2) is 46.1 Å². The second-order valence-electron chi connectivity index (χ2n) is 7.80. The van der Waals surface area contributed by atoms with E-state index in [1.54, 1.807) is 45.0 Å². The number of H-pyrrole nitrogens is 1. The first-order valence-corrected chi connectivity index (χ1v) is 11.4. The molecule has 0 spiro atoms. The molecule has 11 heteroatoms. The topological polar surface area (TPSA) is 140 Å². The van der Waals surface area contributed by atoms with Crippen molar-refractivity contribution in [1.29, 1.82) is 0 Å². The van der Waals surface area contributed by atoms with E-state index in [1.807, 2.05) is 0 Å². The first-order chi connectivity index (χ1) is 14.5. The number of nitrogens with one attached hydrogen (secondary N) is 2. The maximum atomic E-state index is 12.4. The van der Waals surface area contributed by atoms with E-state index in [-0.39, 0.29) is 32.1 Å². The monoisotopic (exact) mass is 455 g/mol. The number of hydrogen-bond donors (Lipinski definition) is 3. The van der Waals surface area contributed by atoms with Gasteiger partial charge in [0, 0.05) is 24.9 Å². The van der Waals surface area contributed by atoms with Gasteiger partial charge in [0.2, 0.25) is 10.0 Å². The summed E-state index contributed by atoms with van der Waals surface area (Å²) in [6, 6.07) is 7.73. The lowest BCUT2D eigenvalue weighted by molar-refractivity contribution is 0.0284. The van der Waals surface area contributed by atoms with Crippen LogP contribution >= 0.6 is 0 Å². The summed E-state index contributed by atoms with van der Waals surface area (Å²) < 4.78 is 39.3. The van der Waals surface area contributed by atoms with Gasteiger partial charge in [0.1, 0.15) is 19.1 Å². The SMILES string of the molecule is CC(NS(=O)(=O)CCCOCn1ccc(=O)[nH]c1=O)c1cccc(OCC(C)(C)O)c1. The lowest BCUT2D eigenvalue weighted by Crippen LogP contribution is -2.30. The van der Waals surface area contributed by atoms with Crippen LogP contribution in [0.5, 0.6) is 5.75 Å². The van der Waals surface area contributed by atoms with E-state index in [4.69, 9.17) is 9.47 Å². The molecular weight excluding hydrogens is 426 g/mol. The summed E-state index contributed by atoms with van der Waals surface area (Å²) in [5, 5.41) is 9.76. The minimum absolute atomic E-state index is 0.0864. The number of nitrogens with zero attached hydrogens (tertiary/aromatic N) is 1. The molecule has 2 aromatic rings. The summed E-state index contributed by atoms with van der Waals surface area (Å²) in [7, 11) is -3.56. The van der Waals surface area contributed by atoms with Gasteiger partial charge in [-0.15, -0.1) is 0 Å². The lowest BCUT2D eigenvalue weighted by Gasteiger charge is -2.19. The lowest BCUT2D eigenvalue weighted by atomic mass is 10.1. The quantitative estimate of drug-likeness (QED) is 0.401. The molecular formula is C20H29N3O7S. The molecule has 1 aromatic heterocycles. The van der Waals surface area contributed by atoms with Crippen molar-refractivity contribution in [2.75, 3.05) is 19.0 Å². The Morgan fingerprint density at radius 1 is 1.26 bits per heavy atom. The Morgan fingerprint density at radius 2 is 2.00 bits per heavy atom. The highest BCUT2D eigenvalue weighted by molar-refractivity contribution is 7.89. The molecule has 10 nitrogen and oxygen atoms in total. The van der Waals surface area contributed by atoms with Crippen LogP contribution in [0.1, 0.15) is 38.8 Å². The van der Waals surface area contributed by atoms with Crippen LogP contribution in [0.4, 0.5) is 0 Å². The minimum atomic E-state index is -3.56. The van der Waals surface area contributed by atoms with Gasteiger partial charge >= 0.3 is 5.69 Å². The highest BCUT2D eigenvalue weighted by atomic mass is 32.2. The number of hydrogen-bond acceptors (Lipinski definition) is 7. The van der Waals surface area contributed by atoms with Crippen molar-refractivity contribution in [1.82, 2.24) is 14.3 Å². The molecule has 3 N–H and O–H groups in total. The number of benzene rings is 1. The van der Waals surface area contributed by atoms with E-state index in [0.717, 1.165) is 5.56 Å². The zero-order valence-corrected chi connectivity index (χ0v) is 18.6. The van der Waals surface area contributed by atoms with Crippen molar-refractivity contribution in [3.05, 3.63) is 62.9 Å². The molecule has 172 valence electrons. The normalized spacial score (nSPS) is 13.2.